The zero-order chi connectivity index (χ0) is 20.1. The van der Waals surface area contributed by atoms with E-state index in [2.05, 4.69) is 45.3 Å². The molecule has 148 valence electrons. The molecule has 0 spiro atoms. The number of hydrogen-bond donors (Lipinski definition) is 1. The predicted molar refractivity (Wildman–Crippen MR) is 114 cm³/mol. The molecule has 0 aliphatic heterocycles. The molecule has 1 atom stereocenters. The Morgan fingerprint density at radius 1 is 1.24 bits per heavy atom. The third-order valence-corrected chi connectivity index (χ3v) is 5.97. The van der Waals surface area contributed by atoms with Crippen molar-refractivity contribution in [3.63, 3.8) is 0 Å². The monoisotopic (exact) mass is 405 g/mol. The van der Waals surface area contributed by atoms with Gasteiger partial charge in [-0.3, -0.25) is 14.3 Å². The van der Waals surface area contributed by atoms with Crippen molar-refractivity contribution in [2.45, 2.75) is 37.0 Å². The van der Waals surface area contributed by atoms with Crippen LogP contribution in [0.3, 0.4) is 0 Å². The summed E-state index contributed by atoms with van der Waals surface area (Å²) in [6, 6.07) is 12.2. The first-order chi connectivity index (χ1) is 14.3. The molecule has 1 amide bonds. The Bertz CT molecular complexity index is 1000. The minimum absolute atomic E-state index is 0.00955. The van der Waals surface area contributed by atoms with Gasteiger partial charge >= 0.3 is 0 Å². The highest BCUT2D eigenvalue weighted by Gasteiger charge is 2.22. The molecule has 0 saturated carbocycles. The lowest BCUT2D eigenvalue weighted by atomic mass is 9.88. The second kappa shape index (κ2) is 9.05. The molecule has 0 saturated heterocycles. The summed E-state index contributed by atoms with van der Waals surface area (Å²) >= 11 is 1.39. The molecule has 0 fully saturated rings. The van der Waals surface area contributed by atoms with Crippen LogP contribution in [-0.4, -0.2) is 31.4 Å². The van der Waals surface area contributed by atoms with Crippen molar-refractivity contribution in [1.29, 1.82) is 0 Å². The van der Waals surface area contributed by atoms with Crippen LogP contribution < -0.4 is 5.32 Å². The molecule has 3 aromatic rings. The quantitative estimate of drug-likeness (QED) is 0.478. The zero-order valence-corrected chi connectivity index (χ0v) is 16.9. The van der Waals surface area contributed by atoms with Crippen molar-refractivity contribution < 1.29 is 4.79 Å². The molecule has 29 heavy (non-hydrogen) atoms. The summed E-state index contributed by atoms with van der Waals surface area (Å²) in [4.78, 5) is 16.7. The largest absolute Gasteiger partial charge is 0.349 e. The van der Waals surface area contributed by atoms with Crippen LogP contribution in [0.1, 0.15) is 30.0 Å². The summed E-state index contributed by atoms with van der Waals surface area (Å²) < 4.78 is 1.97. The van der Waals surface area contributed by atoms with E-state index in [9.17, 15) is 4.79 Å². The normalized spacial score (nSPS) is 15.5. The smallest absolute Gasteiger partial charge is 0.230 e. The van der Waals surface area contributed by atoms with Crippen LogP contribution in [0, 0.1) is 0 Å². The predicted octanol–water partition coefficient (Wildman–Crippen LogP) is 3.81. The molecule has 0 bridgehead atoms. The number of nitrogens with zero attached hydrogens (tertiary/aromatic N) is 4. The minimum atomic E-state index is 0.00955. The average molecular weight is 406 g/mol. The van der Waals surface area contributed by atoms with Gasteiger partial charge in [0.15, 0.2) is 11.0 Å². The first-order valence-corrected chi connectivity index (χ1v) is 10.7. The van der Waals surface area contributed by atoms with Gasteiger partial charge in [-0.2, -0.15) is 0 Å². The molecule has 1 N–H and O–H groups in total. The number of hydrogen-bond acceptors (Lipinski definition) is 5. The fourth-order valence-electron chi connectivity index (χ4n) is 3.67. The van der Waals surface area contributed by atoms with Crippen LogP contribution in [-0.2, 0) is 17.8 Å². The standard InChI is InChI=1S/C22H23N5OS/c1-2-14-27-21(17-10-12-23-13-11-17)25-26-22(27)29-15-20(28)24-19-9-5-7-16-6-3-4-8-18(16)19/h2-4,6,8,10-13,19H,1,5,7,9,14-15H2,(H,24,28)/t19-/m1/s1. The highest BCUT2D eigenvalue weighted by atomic mass is 32.2. The van der Waals surface area contributed by atoms with Gasteiger partial charge in [-0.1, -0.05) is 42.1 Å². The number of amides is 1. The maximum absolute atomic E-state index is 12.6. The van der Waals surface area contributed by atoms with Gasteiger partial charge in [0.1, 0.15) is 0 Å². The Labute approximate surface area is 174 Å². The van der Waals surface area contributed by atoms with Crippen LogP contribution in [0.4, 0.5) is 0 Å². The molecular formula is C22H23N5OS. The third-order valence-electron chi connectivity index (χ3n) is 5.00. The number of aryl methyl sites for hydroxylation is 1. The maximum Gasteiger partial charge on any atom is 0.230 e. The van der Waals surface area contributed by atoms with Crippen molar-refractivity contribution in [3.05, 3.63) is 72.6 Å². The summed E-state index contributed by atoms with van der Waals surface area (Å²) in [6.07, 6.45) is 8.41. The SMILES string of the molecule is C=CCn1c(SCC(=O)N[C@@H]2CCCc3ccccc32)nnc1-c1ccncc1. The van der Waals surface area contributed by atoms with Crippen LogP contribution in [0.25, 0.3) is 11.4 Å². The van der Waals surface area contributed by atoms with Crippen molar-refractivity contribution in [1.82, 2.24) is 25.1 Å². The Morgan fingerprint density at radius 2 is 2.07 bits per heavy atom. The number of thioether (sulfide) groups is 1. The first kappa shape index (κ1) is 19.4. The lowest BCUT2D eigenvalue weighted by molar-refractivity contribution is -0.119. The molecule has 0 unspecified atom stereocenters. The van der Waals surface area contributed by atoms with Crippen LogP contribution in [0.2, 0.25) is 0 Å². The molecule has 1 aliphatic carbocycles. The van der Waals surface area contributed by atoms with Crippen molar-refractivity contribution in [2.24, 2.45) is 0 Å². The summed E-state index contributed by atoms with van der Waals surface area (Å²) in [5.41, 5.74) is 3.51. The third kappa shape index (κ3) is 4.40. The summed E-state index contributed by atoms with van der Waals surface area (Å²) in [7, 11) is 0. The van der Waals surface area contributed by atoms with Crippen molar-refractivity contribution >= 4 is 17.7 Å². The molecule has 0 radical (unpaired) electrons. The first-order valence-electron chi connectivity index (χ1n) is 9.70. The summed E-state index contributed by atoms with van der Waals surface area (Å²) in [5, 5.41) is 12.5. The van der Waals surface area contributed by atoms with E-state index in [1.54, 1.807) is 18.5 Å². The fourth-order valence-corrected chi connectivity index (χ4v) is 4.43. The number of nitrogens with one attached hydrogen (secondary N) is 1. The van der Waals surface area contributed by atoms with Gasteiger partial charge in [-0.15, -0.1) is 16.8 Å². The number of fused-ring (bicyclic) bond motifs is 1. The number of carbonyl (C=O) groups is 1. The zero-order valence-electron chi connectivity index (χ0n) is 16.1. The van der Waals surface area contributed by atoms with Crippen LogP contribution in [0.15, 0.2) is 66.6 Å². The molecule has 2 heterocycles. The molecule has 1 aliphatic rings. The maximum atomic E-state index is 12.6. The van der Waals surface area contributed by atoms with Gasteiger partial charge < -0.3 is 5.32 Å². The molecular weight excluding hydrogens is 382 g/mol. The van der Waals surface area contributed by atoms with E-state index >= 15 is 0 Å². The van der Waals surface area contributed by atoms with Gasteiger partial charge in [0.2, 0.25) is 5.91 Å². The highest BCUT2D eigenvalue weighted by Crippen LogP contribution is 2.30. The number of rotatable bonds is 7. The Balaban J connectivity index is 1.44. The Hall–Kier alpha value is -2.93. The van der Waals surface area contributed by atoms with Gasteiger partial charge in [0, 0.05) is 24.5 Å². The number of pyridine rings is 1. The summed E-state index contributed by atoms with van der Waals surface area (Å²) in [5.74, 6) is 1.05. The van der Waals surface area contributed by atoms with Gasteiger partial charge in [-0.25, -0.2) is 0 Å². The summed E-state index contributed by atoms with van der Waals surface area (Å²) in [6.45, 7) is 4.40. The van der Waals surface area contributed by atoms with Crippen LogP contribution in [0.5, 0.6) is 0 Å². The minimum Gasteiger partial charge on any atom is -0.349 e. The van der Waals surface area contributed by atoms with Crippen molar-refractivity contribution in [3.8, 4) is 11.4 Å². The Kier molecular flexibility index (Phi) is 6.05. The number of allylic oxidation sites excluding steroid dienone is 1. The molecule has 4 rings (SSSR count). The lowest BCUT2D eigenvalue weighted by Gasteiger charge is -2.26. The molecule has 6 nitrogen and oxygen atoms in total. The van der Waals surface area contributed by atoms with Gasteiger partial charge in [0.25, 0.3) is 0 Å². The number of carbonyl (C=O) groups excluding carboxylic acids is 1. The average Bonchev–Trinajstić information content (AvgIpc) is 3.16. The van der Waals surface area contributed by atoms with Gasteiger partial charge in [-0.05, 0) is 42.5 Å². The second-order valence-corrected chi connectivity index (χ2v) is 7.88. The van der Waals surface area contributed by atoms with Crippen LogP contribution >= 0.6 is 11.8 Å². The number of aromatic nitrogens is 4. The van der Waals surface area contributed by atoms with E-state index in [0.29, 0.717) is 17.5 Å². The fraction of sp³-hybridized carbons (Fsp3) is 0.273. The van der Waals surface area contributed by atoms with E-state index < -0.39 is 0 Å². The highest BCUT2D eigenvalue weighted by molar-refractivity contribution is 7.99. The molecule has 2 aromatic heterocycles. The van der Waals surface area contributed by atoms with E-state index in [0.717, 1.165) is 30.7 Å². The van der Waals surface area contributed by atoms with E-state index in [4.69, 9.17) is 0 Å². The lowest BCUT2D eigenvalue weighted by Crippen LogP contribution is -2.32. The molecule has 7 heteroatoms. The topological polar surface area (TPSA) is 72.7 Å². The van der Waals surface area contributed by atoms with E-state index in [1.165, 1.54) is 22.9 Å². The number of benzene rings is 1. The van der Waals surface area contributed by atoms with Gasteiger partial charge in [0.05, 0.1) is 11.8 Å². The molecule has 1 aromatic carbocycles. The Morgan fingerprint density at radius 3 is 2.90 bits per heavy atom. The van der Waals surface area contributed by atoms with E-state index in [-0.39, 0.29) is 11.9 Å². The van der Waals surface area contributed by atoms with E-state index in [1.807, 2.05) is 22.8 Å². The van der Waals surface area contributed by atoms with Crippen molar-refractivity contribution in [2.75, 3.05) is 5.75 Å². The second-order valence-electron chi connectivity index (χ2n) is 6.94.